The molecule has 3 nitrogen and oxygen atoms in total. The maximum Gasteiger partial charge on any atom is 0.138 e. The van der Waals surface area contributed by atoms with Gasteiger partial charge in [-0.1, -0.05) is 109 Å². The minimum atomic E-state index is 0.919. The number of hydrogen-bond donors (Lipinski definition) is 0. The third-order valence-electron chi connectivity index (χ3n) is 8.49. The summed E-state index contributed by atoms with van der Waals surface area (Å²) in [5.41, 5.74) is 9.22. The Hall–Kier alpha value is -5.67. The van der Waals surface area contributed by atoms with E-state index in [-0.39, 0.29) is 0 Å². The highest BCUT2D eigenvalue weighted by atomic mass is 15.1. The van der Waals surface area contributed by atoms with Gasteiger partial charge in [0.1, 0.15) is 5.82 Å². The summed E-state index contributed by atoms with van der Waals surface area (Å²) in [4.78, 5) is 5.19. The minimum absolute atomic E-state index is 0.919. The molecule has 0 saturated carbocycles. The fourth-order valence-corrected chi connectivity index (χ4v) is 6.64. The van der Waals surface area contributed by atoms with Gasteiger partial charge in [0.15, 0.2) is 0 Å². The van der Waals surface area contributed by atoms with Gasteiger partial charge < -0.3 is 4.57 Å². The first-order chi connectivity index (χ1) is 20.8. The molecule has 9 aromatic rings. The Kier molecular flexibility index (Phi) is 4.90. The number of para-hydroxylation sites is 3. The third-order valence-corrected chi connectivity index (χ3v) is 8.49. The van der Waals surface area contributed by atoms with Crippen LogP contribution < -0.4 is 0 Å². The number of pyridine rings is 1. The van der Waals surface area contributed by atoms with E-state index in [0.29, 0.717) is 0 Å². The molecule has 0 N–H and O–H groups in total. The molecular weight excluding hydrogens is 510 g/mol. The molecule has 0 aliphatic carbocycles. The van der Waals surface area contributed by atoms with Crippen LogP contribution in [0.5, 0.6) is 0 Å². The quantitative estimate of drug-likeness (QED) is 0.221. The maximum absolute atomic E-state index is 5.19. The van der Waals surface area contributed by atoms with Gasteiger partial charge in [-0.25, -0.2) is 4.98 Å². The van der Waals surface area contributed by atoms with Crippen LogP contribution in [0.25, 0.3) is 77.1 Å². The number of benzene rings is 6. The van der Waals surface area contributed by atoms with E-state index in [1.54, 1.807) is 0 Å². The molecule has 0 radical (unpaired) electrons. The lowest BCUT2D eigenvalue weighted by Crippen LogP contribution is -2.00. The van der Waals surface area contributed by atoms with Gasteiger partial charge in [0.05, 0.1) is 27.6 Å². The topological polar surface area (TPSA) is 22.8 Å². The monoisotopic (exact) mass is 535 g/mol. The number of aromatic nitrogens is 3. The summed E-state index contributed by atoms with van der Waals surface area (Å²) in [6.07, 6.45) is 0. The SMILES string of the molecule is c1ccc(-c2cccc(-n3c4ccccc4c4ccc5c6ccccc6n(-c6ccc7ccccc7n6)c5c43)c2)cc1. The Morgan fingerprint density at radius 2 is 1.02 bits per heavy atom. The Morgan fingerprint density at radius 3 is 1.81 bits per heavy atom. The largest absolute Gasteiger partial charge is 0.307 e. The Balaban J connectivity index is 1.46. The van der Waals surface area contributed by atoms with Gasteiger partial charge in [-0.3, -0.25) is 4.57 Å². The summed E-state index contributed by atoms with van der Waals surface area (Å²) in [6, 6.07) is 54.2. The lowest BCUT2D eigenvalue weighted by Gasteiger charge is -2.13. The molecule has 0 fully saturated rings. The molecule has 9 rings (SSSR count). The standard InChI is InChI=1S/C39H25N3/c1-2-11-26(12-3-1)28-14-10-15-29(25-28)41-35-19-8-5-16-30(35)32-22-23-33-31-17-6-9-20-36(31)42(39(33)38(32)41)37-24-21-27-13-4-7-18-34(27)40-37/h1-25H. The van der Waals surface area contributed by atoms with Crippen molar-refractivity contribution in [2.75, 3.05) is 0 Å². The van der Waals surface area contributed by atoms with Gasteiger partial charge in [-0.2, -0.15) is 0 Å². The highest BCUT2D eigenvalue weighted by molar-refractivity contribution is 6.23. The van der Waals surface area contributed by atoms with Crippen molar-refractivity contribution in [3.63, 3.8) is 0 Å². The lowest BCUT2D eigenvalue weighted by atomic mass is 10.1. The fraction of sp³-hybridized carbons (Fsp3) is 0. The van der Waals surface area contributed by atoms with Crippen molar-refractivity contribution in [1.82, 2.24) is 14.1 Å². The second-order valence-corrected chi connectivity index (χ2v) is 10.8. The molecule has 3 heterocycles. The Labute approximate surface area is 242 Å². The Morgan fingerprint density at radius 1 is 0.405 bits per heavy atom. The van der Waals surface area contributed by atoms with Crippen molar-refractivity contribution < 1.29 is 0 Å². The number of hydrogen-bond acceptors (Lipinski definition) is 1. The first-order valence-electron chi connectivity index (χ1n) is 14.3. The van der Waals surface area contributed by atoms with E-state index in [1.165, 1.54) is 43.7 Å². The highest BCUT2D eigenvalue weighted by Crippen LogP contribution is 2.41. The van der Waals surface area contributed by atoms with Crippen LogP contribution in [0.3, 0.4) is 0 Å². The van der Waals surface area contributed by atoms with Crippen molar-refractivity contribution in [3.8, 4) is 22.6 Å². The van der Waals surface area contributed by atoms with Crippen LogP contribution in [0.4, 0.5) is 0 Å². The van der Waals surface area contributed by atoms with Crippen LogP contribution in [0.1, 0.15) is 0 Å². The predicted octanol–water partition coefficient (Wildman–Crippen LogP) is 10.1. The molecule has 196 valence electrons. The summed E-state index contributed by atoms with van der Waals surface area (Å²) in [7, 11) is 0. The van der Waals surface area contributed by atoms with Crippen LogP contribution in [0.15, 0.2) is 152 Å². The fourth-order valence-electron chi connectivity index (χ4n) is 6.64. The summed E-state index contributed by atoms with van der Waals surface area (Å²) in [6.45, 7) is 0. The second-order valence-electron chi connectivity index (χ2n) is 10.8. The second kappa shape index (κ2) is 8.92. The van der Waals surface area contributed by atoms with Crippen molar-refractivity contribution in [2.45, 2.75) is 0 Å². The zero-order chi connectivity index (χ0) is 27.6. The van der Waals surface area contributed by atoms with Crippen LogP contribution in [0.2, 0.25) is 0 Å². The first-order valence-corrected chi connectivity index (χ1v) is 14.3. The molecule has 0 atom stereocenters. The number of rotatable bonds is 3. The van der Waals surface area contributed by atoms with Crippen LogP contribution in [-0.2, 0) is 0 Å². The van der Waals surface area contributed by atoms with Gasteiger partial charge in [-0.15, -0.1) is 0 Å². The van der Waals surface area contributed by atoms with Crippen molar-refractivity contribution >= 4 is 54.5 Å². The van der Waals surface area contributed by atoms with E-state index in [4.69, 9.17) is 4.98 Å². The average molecular weight is 536 g/mol. The maximum atomic E-state index is 5.19. The molecule has 42 heavy (non-hydrogen) atoms. The minimum Gasteiger partial charge on any atom is -0.307 e. The van der Waals surface area contributed by atoms with Gasteiger partial charge >= 0.3 is 0 Å². The van der Waals surface area contributed by atoms with Crippen LogP contribution in [0, 0.1) is 0 Å². The molecule has 3 aromatic heterocycles. The van der Waals surface area contributed by atoms with E-state index in [2.05, 4.69) is 161 Å². The van der Waals surface area contributed by atoms with Crippen LogP contribution in [-0.4, -0.2) is 14.1 Å². The van der Waals surface area contributed by atoms with E-state index in [9.17, 15) is 0 Å². The predicted molar refractivity (Wildman–Crippen MR) is 176 cm³/mol. The smallest absolute Gasteiger partial charge is 0.138 e. The molecule has 0 unspecified atom stereocenters. The zero-order valence-electron chi connectivity index (χ0n) is 22.8. The normalized spacial score (nSPS) is 11.8. The number of fused-ring (bicyclic) bond motifs is 8. The summed E-state index contributed by atoms with van der Waals surface area (Å²) < 4.78 is 4.80. The molecule has 3 heteroatoms. The van der Waals surface area contributed by atoms with Gasteiger partial charge in [0.25, 0.3) is 0 Å². The summed E-state index contributed by atoms with van der Waals surface area (Å²) in [5.74, 6) is 0.919. The zero-order valence-corrected chi connectivity index (χ0v) is 22.8. The molecule has 6 aromatic carbocycles. The van der Waals surface area contributed by atoms with E-state index < -0.39 is 0 Å². The van der Waals surface area contributed by atoms with Crippen LogP contribution >= 0.6 is 0 Å². The first kappa shape index (κ1) is 23.1. The highest BCUT2D eigenvalue weighted by Gasteiger charge is 2.21. The van der Waals surface area contributed by atoms with Gasteiger partial charge in [0.2, 0.25) is 0 Å². The summed E-state index contributed by atoms with van der Waals surface area (Å²) >= 11 is 0. The lowest BCUT2D eigenvalue weighted by molar-refractivity contribution is 1.09. The van der Waals surface area contributed by atoms with Crippen molar-refractivity contribution in [1.29, 1.82) is 0 Å². The van der Waals surface area contributed by atoms with Crippen molar-refractivity contribution in [3.05, 3.63) is 152 Å². The molecule has 0 aliphatic rings. The van der Waals surface area contributed by atoms with E-state index >= 15 is 0 Å². The molecule has 0 saturated heterocycles. The molecule has 0 bridgehead atoms. The van der Waals surface area contributed by atoms with Gasteiger partial charge in [-0.05, 0) is 53.6 Å². The molecule has 0 amide bonds. The third kappa shape index (κ3) is 3.31. The van der Waals surface area contributed by atoms with Crippen molar-refractivity contribution in [2.24, 2.45) is 0 Å². The summed E-state index contributed by atoms with van der Waals surface area (Å²) in [5, 5.41) is 6.05. The molecular formula is C39H25N3. The van der Waals surface area contributed by atoms with E-state index in [0.717, 1.165) is 33.4 Å². The molecule has 0 spiro atoms. The Bertz CT molecular complexity index is 2460. The van der Waals surface area contributed by atoms with E-state index in [1.807, 2.05) is 0 Å². The number of nitrogens with zero attached hydrogens (tertiary/aromatic N) is 3. The van der Waals surface area contributed by atoms with Gasteiger partial charge in [0, 0.05) is 32.6 Å². The average Bonchev–Trinajstić information content (AvgIpc) is 3.58. The molecule has 0 aliphatic heterocycles.